The lowest BCUT2D eigenvalue weighted by Crippen LogP contribution is -2.07. The lowest BCUT2D eigenvalue weighted by Gasteiger charge is -2.07. The maximum atomic E-state index is 12.0. The van der Waals surface area contributed by atoms with Gasteiger partial charge in [-0.2, -0.15) is 0 Å². The molecule has 0 aliphatic carbocycles. The van der Waals surface area contributed by atoms with E-state index in [1.165, 1.54) is 24.3 Å². The molecule has 0 unspecified atom stereocenters. The second kappa shape index (κ2) is 8.64. The number of non-ortho nitro benzene ring substituents is 1. The van der Waals surface area contributed by atoms with Crippen LogP contribution in [0, 0.1) is 17.0 Å². The molecule has 140 valence electrons. The quantitative estimate of drug-likeness (QED) is 0.358. The van der Waals surface area contributed by atoms with Gasteiger partial charge in [-0.1, -0.05) is 29.8 Å². The predicted octanol–water partition coefficient (Wildman–Crippen LogP) is 5.35. The molecule has 0 radical (unpaired) electrons. The molecule has 0 fully saturated rings. The SMILES string of the molecule is Cc1ccc(Oc2ccc(NC(=O)/C=C/c3cccc([N+](=O)[O-])c3)cc2)cc1. The van der Waals surface area contributed by atoms with Gasteiger partial charge in [0.05, 0.1) is 4.92 Å². The summed E-state index contributed by atoms with van der Waals surface area (Å²) in [4.78, 5) is 22.4. The fourth-order valence-corrected chi connectivity index (χ4v) is 2.45. The maximum absolute atomic E-state index is 12.0. The number of amides is 1. The number of rotatable bonds is 6. The monoisotopic (exact) mass is 374 g/mol. The Balaban J connectivity index is 1.59. The van der Waals surface area contributed by atoms with Gasteiger partial charge in [0.25, 0.3) is 5.69 Å². The third kappa shape index (κ3) is 5.28. The van der Waals surface area contributed by atoms with Crippen LogP contribution in [0.5, 0.6) is 11.5 Å². The van der Waals surface area contributed by atoms with Crippen LogP contribution in [0.25, 0.3) is 6.08 Å². The van der Waals surface area contributed by atoms with Crippen molar-refractivity contribution in [1.29, 1.82) is 0 Å². The molecule has 6 nitrogen and oxygen atoms in total. The van der Waals surface area contributed by atoms with Gasteiger partial charge in [-0.05, 0) is 55.0 Å². The smallest absolute Gasteiger partial charge is 0.270 e. The molecule has 3 rings (SSSR count). The number of carbonyl (C=O) groups excluding carboxylic acids is 1. The van der Waals surface area contributed by atoms with Crippen molar-refractivity contribution in [3.8, 4) is 11.5 Å². The van der Waals surface area contributed by atoms with Crippen LogP contribution in [0.1, 0.15) is 11.1 Å². The Morgan fingerprint density at radius 2 is 1.64 bits per heavy atom. The highest BCUT2D eigenvalue weighted by atomic mass is 16.6. The maximum Gasteiger partial charge on any atom is 0.270 e. The molecule has 0 saturated heterocycles. The van der Waals surface area contributed by atoms with Gasteiger partial charge in [-0.25, -0.2) is 0 Å². The predicted molar refractivity (Wildman–Crippen MR) is 108 cm³/mol. The highest BCUT2D eigenvalue weighted by molar-refractivity contribution is 6.01. The fourth-order valence-electron chi connectivity index (χ4n) is 2.45. The first-order valence-electron chi connectivity index (χ1n) is 8.58. The van der Waals surface area contributed by atoms with Crippen molar-refractivity contribution in [2.24, 2.45) is 0 Å². The van der Waals surface area contributed by atoms with Crippen molar-refractivity contribution in [1.82, 2.24) is 0 Å². The average molecular weight is 374 g/mol. The second-order valence-electron chi connectivity index (χ2n) is 6.11. The molecular weight excluding hydrogens is 356 g/mol. The minimum atomic E-state index is -0.475. The molecule has 0 aromatic heterocycles. The van der Waals surface area contributed by atoms with E-state index in [2.05, 4.69) is 5.32 Å². The van der Waals surface area contributed by atoms with Gasteiger partial charge in [-0.15, -0.1) is 0 Å². The van der Waals surface area contributed by atoms with Crippen LogP contribution in [0.3, 0.4) is 0 Å². The summed E-state index contributed by atoms with van der Waals surface area (Å²) in [5, 5.41) is 13.5. The summed E-state index contributed by atoms with van der Waals surface area (Å²) in [6.07, 6.45) is 2.85. The first kappa shape index (κ1) is 18.8. The summed E-state index contributed by atoms with van der Waals surface area (Å²) in [7, 11) is 0. The summed E-state index contributed by atoms with van der Waals surface area (Å²) >= 11 is 0. The van der Waals surface area contributed by atoms with Gasteiger partial charge >= 0.3 is 0 Å². The van der Waals surface area contributed by atoms with Crippen molar-refractivity contribution < 1.29 is 14.5 Å². The van der Waals surface area contributed by atoms with E-state index >= 15 is 0 Å². The number of anilines is 1. The van der Waals surface area contributed by atoms with E-state index in [-0.39, 0.29) is 11.6 Å². The van der Waals surface area contributed by atoms with Crippen LogP contribution < -0.4 is 10.1 Å². The third-order valence-electron chi connectivity index (χ3n) is 3.89. The number of nitrogens with zero attached hydrogens (tertiary/aromatic N) is 1. The summed E-state index contributed by atoms with van der Waals surface area (Å²) in [5.74, 6) is 1.06. The van der Waals surface area contributed by atoms with Gasteiger partial charge in [0, 0.05) is 23.9 Å². The van der Waals surface area contributed by atoms with Gasteiger partial charge < -0.3 is 10.1 Å². The number of nitro groups is 1. The van der Waals surface area contributed by atoms with Gasteiger partial charge in [0.15, 0.2) is 0 Å². The van der Waals surface area contributed by atoms with Crippen LogP contribution in [-0.2, 0) is 4.79 Å². The molecule has 6 heteroatoms. The molecule has 0 atom stereocenters. The summed E-state index contributed by atoms with van der Waals surface area (Å²) < 4.78 is 5.75. The van der Waals surface area contributed by atoms with Crippen molar-refractivity contribution in [3.63, 3.8) is 0 Å². The summed E-state index contributed by atoms with van der Waals surface area (Å²) in [5.41, 5.74) is 2.33. The molecular formula is C22H18N2O4. The zero-order valence-electron chi connectivity index (χ0n) is 15.2. The number of carbonyl (C=O) groups is 1. The zero-order chi connectivity index (χ0) is 19.9. The lowest BCUT2D eigenvalue weighted by atomic mass is 10.2. The Bertz CT molecular complexity index is 1010. The Hall–Kier alpha value is -3.93. The molecule has 28 heavy (non-hydrogen) atoms. The van der Waals surface area contributed by atoms with Crippen molar-refractivity contribution >= 4 is 23.4 Å². The van der Waals surface area contributed by atoms with E-state index in [0.29, 0.717) is 17.0 Å². The number of nitrogens with one attached hydrogen (secondary N) is 1. The molecule has 0 bridgehead atoms. The average Bonchev–Trinajstić information content (AvgIpc) is 2.70. The Morgan fingerprint density at radius 3 is 2.29 bits per heavy atom. The highest BCUT2D eigenvalue weighted by Crippen LogP contribution is 2.23. The molecule has 3 aromatic carbocycles. The first-order valence-corrected chi connectivity index (χ1v) is 8.58. The van der Waals surface area contributed by atoms with E-state index < -0.39 is 4.92 Å². The topological polar surface area (TPSA) is 81.5 Å². The number of benzene rings is 3. The van der Waals surface area contributed by atoms with Crippen LogP contribution in [0.4, 0.5) is 11.4 Å². The summed E-state index contributed by atoms with van der Waals surface area (Å²) in [6, 6.07) is 20.8. The van der Waals surface area contributed by atoms with Gasteiger partial charge in [0.2, 0.25) is 5.91 Å². The first-order chi connectivity index (χ1) is 13.5. The van der Waals surface area contributed by atoms with Crippen LogP contribution >= 0.6 is 0 Å². The molecule has 0 spiro atoms. The normalized spacial score (nSPS) is 10.6. The van der Waals surface area contributed by atoms with Crippen LogP contribution in [0.2, 0.25) is 0 Å². The Morgan fingerprint density at radius 1 is 1.00 bits per heavy atom. The lowest BCUT2D eigenvalue weighted by molar-refractivity contribution is -0.384. The molecule has 3 aromatic rings. The minimum absolute atomic E-state index is 0.0216. The van der Waals surface area contributed by atoms with E-state index in [1.807, 2.05) is 31.2 Å². The second-order valence-corrected chi connectivity index (χ2v) is 6.11. The van der Waals surface area contributed by atoms with E-state index in [4.69, 9.17) is 4.74 Å². The molecule has 0 saturated carbocycles. The molecule has 1 N–H and O–H groups in total. The number of nitro benzene ring substituents is 1. The van der Waals surface area contributed by atoms with Gasteiger partial charge in [0.1, 0.15) is 11.5 Å². The number of hydrogen-bond acceptors (Lipinski definition) is 4. The van der Waals surface area contributed by atoms with Gasteiger partial charge in [-0.3, -0.25) is 14.9 Å². The van der Waals surface area contributed by atoms with Crippen molar-refractivity contribution in [3.05, 3.63) is 100 Å². The Kier molecular flexibility index (Phi) is 5.81. The molecule has 0 aliphatic rings. The molecule has 0 aliphatic heterocycles. The number of ether oxygens (including phenoxy) is 1. The fraction of sp³-hybridized carbons (Fsp3) is 0.0455. The third-order valence-corrected chi connectivity index (χ3v) is 3.89. The Labute approximate surface area is 162 Å². The largest absolute Gasteiger partial charge is 0.457 e. The van der Waals surface area contributed by atoms with Crippen LogP contribution in [0.15, 0.2) is 78.9 Å². The molecule has 1 amide bonds. The zero-order valence-corrected chi connectivity index (χ0v) is 15.2. The standard InChI is InChI=1S/C22H18N2O4/c1-16-5-10-20(11-6-16)28-21-12-8-18(9-13-21)23-22(25)14-7-17-3-2-4-19(15-17)24(26)27/h2-15H,1H3,(H,23,25)/b14-7+. The van der Waals surface area contributed by atoms with E-state index in [0.717, 1.165) is 11.3 Å². The minimum Gasteiger partial charge on any atom is -0.457 e. The van der Waals surface area contributed by atoms with E-state index in [1.54, 1.807) is 36.4 Å². The van der Waals surface area contributed by atoms with E-state index in [9.17, 15) is 14.9 Å². The number of aryl methyl sites for hydroxylation is 1. The molecule has 0 heterocycles. The van der Waals surface area contributed by atoms with Crippen LogP contribution in [-0.4, -0.2) is 10.8 Å². The van der Waals surface area contributed by atoms with Crippen molar-refractivity contribution in [2.75, 3.05) is 5.32 Å². The summed E-state index contributed by atoms with van der Waals surface area (Å²) in [6.45, 7) is 2.01. The van der Waals surface area contributed by atoms with Crippen molar-refractivity contribution in [2.45, 2.75) is 6.92 Å². The number of hydrogen-bond donors (Lipinski definition) is 1. The highest BCUT2D eigenvalue weighted by Gasteiger charge is 2.04.